The molecule has 0 saturated heterocycles. The van der Waals surface area contributed by atoms with Crippen molar-refractivity contribution in [2.24, 2.45) is 0 Å². The Balaban J connectivity index is 2.78. The van der Waals surface area contributed by atoms with Crippen molar-refractivity contribution < 1.29 is 19.7 Å². The van der Waals surface area contributed by atoms with Crippen molar-refractivity contribution in [3.8, 4) is 11.5 Å². The number of rotatable bonds is 6. The molecule has 0 saturated carbocycles. The van der Waals surface area contributed by atoms with Crippen LogP contribution in [0.25, 0.3) is 10.8 Å². The highest BCUT2D eigenvalue weighted by atomic mass is 31.2. The summed E-state index contributed by atoms with van der Waals surface area (Å²) in [6, 6.07) is 6.87. The fourth-order valence-electron chi connectivity index (χ4n) is 2.79. The zero-order valence-electron chi connectivity index (χ0n) is 13.0. The largest absolute Gasteiger partial charge is 0.507 e. The molecule has 4 nitrogen and oxygen atoms in total. The van der Waals surface area contributed by atoms with E-state index in [2.05, 4.69) is 0 Å². The number of benzene rings is 2. The molecule has 0 aliphatic heterocycles. The van der Waals surface area contributed by atoms with Crippen LogP contribution in [-0.2, 0) is 11.0 Å². The molecular formula is C17H23O4P. The molecule has 22 heavy (non-hydrogen) atoms. The van der Waals surface area contributed by atoms with Gasteiger partial charge in [-0.05, 0) is 12.8 Å². The van der Waals surface area contributed by atoms with E-state index < -0.39 is 7.37 Å². The molecule has 2 rings (SSSR count). The van der Waals surface area contributed by atoms with E-state index in [9.17, 15) is 19.7 Å². The average molecular weight is 322 g/mol. The maximum atomic E-state index is 12.8. The number of phenolic OH excluding ortho intramolecular Hbond substituents is 2. The van der Waals surface area contributed by atoms with Gasteiger partial charge in [0.2, 0.25) is 7.37 Å². The lowest BCUT2D eigenvalue weighted by molar-refractivity contribution is 0.459. The van der Waals surface area contributed by atoms with Crippen LogP contribution in [0.3, 0.4) is 0 Å². The van der Waals surface area contributed by atoms with Gasteiger partial charge in [-0.15, -0.1) is 0 Å². The summed E-state index contributed by atoms with van der Waals surface area (Å²) in [5.41, 5.74) is 0.403. The van der Waals surface area contributed by atoms with Crippen molar-refractivity contribution in [1.82, 2.24) is 0 Å². The van der Waals surface area contributed by atoms with Crippen LogP contribution in [0.1, 0.15) is 38.7 Å². The van der Waals surface area contributed by atoms with Gasteiger partial charge in [-0.2, -0.15) is 0 Å². The van der Waals surface area contributed by atoms with Crippen LogP contribution in [0.15, 0.2) is 24.3 Å². The molecule has 0 amide bonds. The first-order chi connectivity index (χ1) is 10.4. The topological polar surface area (TPSA) is 77.8 Å². The Kier molecular flexibility index (Phi) is 5.15. The third-order valence-corrected chi connectivity index (χ3v) is 6.00. The summed E-state index contributed by atoms with van der Waals surface area (Å²) < 4.78 is 12.8. The normalized spacial score (nSPS) is 14.1. The summed E-state index contributed by atoms with van der Waals surface area (Å²) in [4.78, 5) is 10.5. The minimum atomic E-state index is -3.71. The Morgan fingerprint density at radius 3 is 2.14 bits per heavy atom. The second kappa shape index (κ2) is 6.72. The van der Waals surface area contributed by atoms with E-state index in [1.165, 1.54) is 0 Å². The Hall–Kier alpha value is -1.51. The number of phenols is 2. The Morgan fingerprint density at radius 1 is 1.00 bits per heavy atom. The molecule has 0 aliphatic rings. The van der Waals surface area contributed by atoms with Gasteiger partial charge >= 0.3 is 0 Å². The van der Waals surface area contributed by atoms with Gasteiger partial charge in [-0.25, -0.2) is 0 Å². The third-order valence-electron chi connectivity index (χ3n) is 3.90. The molecule has 0 bridgehead atoms. The van der Waals surface area contributed by atoms with E-state index >= 15 is 0 Å². The Morgan fingerprint density at radius 2 is 1.59 bits per heavy atom. The highest BCUT2D eigenvalue weighted by Crippen LogP contribution is 2.49. The van der Waals surface area contributed by atoms with Gasteiger partial charge in [-0.3, -0.25) is 4.57 Å². The van der Waals surface area contributed by atoms with Gasteiger partial charge in [0, 0.05) is 22.5 Å². The number of unbranched alkanes of at least 4 members (excludes halogenated alkanes) is 1. The lowest BCUT2D eigenvalue weighted by Crippen LogP contribution is -2.15. The molecule has 3 N–H and O–H groups in total. The van der Waals surface area contributed by atoms with Gasteiger partial charge in [0.15, 0.2) is 0 Å². The molecule has 0 radical (unpaired) electrons. The molecule has 0 aromatic heterocycles. The molecular weight excluding hydrogens is 299 g/mol. The van der Waals surface area contributed by atoms with Crippen molar-refractivity contribution in [3.05, 3.63) is 29.8 Å². The van der Waals surface area contributed by atoms with Crippen LogP contribution >= 0.6 is 7.37 Å². The smallest absolute Gasteiger partial charge is 0.233 e. The van der Waals surface area contributed by atoms with Gasteiger partial charge in [0.25, 0.3) is 0 Å². The van der Waals surface area contributed by atoms with Gasteiger partial charge in [-0.1, -0.05) is 51.0 Å². The Bertz CT molecular complexity index is 724. The fraction of sp³-hybridized carbons (Fsp3) is 0.412. The van der Waals surface area contributed by atoms with Crippen molar-refractivity contribution in [1.29, 1.82) is 0 Å². The zero-order chi connectivity index (χ0) is 16.3. The van der Waals surface area contributed by atoms with Crippen molar-refractivity contribution in [2.45, 2.75) is 39.5 Å². The predicted molar refractivity (Wildman–Crippen MR) is 90.5 cm³/mol. The summed E-state index contributed by atoms with van der Waals surface area (Å²) in [5.74, 6) is -0.158. The van der Waals surface area contributed by atoms with Crippen LogP contribution in [0.4, 0.5) is 0 Å². The first-order valence-electron chi connectivity index (χ1n) is 7.71. The first kappa shape index (κ1) is 16.9. The van der Waals surface area contributed by atoms with E-state index in [0.717, 1.165) is 6.42 Å². The molecule has 120 valence electrons. The number of aromatic hydroxyl groups is 2. The maximum Gasteiger partial charge on any atom is 0.233 e. The minimum Gasteiger partial charge on any atom is -0.507 e. The zero-order valence-corrected chi connectivity index (χ0v) is 13.9. The lowest BCUT2D eigenvalue weighted by atomic mass is 10.0. The quantitative estimate of drug-likeness (QED) is 0.557. The maximum absolute atomic E-state index is 12.8. The third kappa shape index (κ3) is 2.99. The summed E-state index contributed by atoms with van der Waals surface area (Å²) in [5, 5.41) is 22.1. The molecule has 1 atom stereocenters. The van der Waals surface area contributed by atoms with E-state index in [1.54, 1.807) is 24.3 Å². The summed E-state index contributed by atoms with van der Waals surface area (Å²) in [6.07, 6.45) is 2.69. The molecule has 5 heteroatoms. The molecule has 0 fully saturated rings. The molecule has 0 aliphatic carbocycles. The number of hydrogen-bond donors (Lipinski definition) is 3. The summed E-state index contributed by atoms with van der Waals surface area (Å²) in [7, 11) is -3.71. The number of fused-ring (bicyclic) bond motifs is 1. The predicted octanol–water partition coefficient (Wildman–Crippen LogP) is 3.90. The van der Waals surface area contributed by atoms with Gasteiger partial charge in [0.1, 0.15) is 11.5 Å². The summed E-state index contributed by atoms with van der Waals surface area (Å²) >= 11 is 0. The van der Waals surface area contributed by atoms with Crippen molar-refractivity contribution in [3.63, 3.8) is 0 Å². The SMILES string of the molecule is CCCCP(=O)(O)c1c(CCC)c(O)c2ccccc2c1O. The van der Waals surface area contributed by atoms with Gasteiger partial charge in [0.05, 0.1) is 5.30 Å². The van der Waals surface area contributed by atoms with E-state index in [-0.39, 0.29) is 23.0 Å². The molecule has 0 heterocycles. The second-order valence-corrected chi connectivity index (χ2v) is 7.90. The van der Waals surface area contributed by atoms with E-state index in [4.69, 9.17) is 0 Å². The lowest BCUT2D eigenvalue weighted by Gasteiger charge is -2.20. The molecule has 2 aromatic carbocycles. The van der Waals surface area contributed by atoms with Crippen LogP contribution in [0.2, 0.25) is 0 Å². The van der Waals surface area contributed by atoms with Gasteiger partial charge < -0.3 is 15.1 Å². The van der Waals surface area contributed by atoms with Crippen LogP contribution in [0, 0.1) is 0 Å². The minimum absolute atomic E-state index is 0.0102. The first-order valence-corrected chi connectivity index (χ1v) is 9.56. The van der Waals surface area contributed by atoms with E-state index in [0.29, 0.717) is 35.6 Å². The van der Waals surface area contributed by atoms with Crippen LogP contribution in [-0.4, -0.2) is 21.3 Å². The summed E-state index contributed by atoms with van der Waals surface area (Å²) in [6.45, 7) is 3.88. The molecule has 0 spiro atoms. The highest BCUT2D eigenvalue weighted by molar-refractivity contribution is 7.66. The monoisotopic (exact) mass is 322 g/mol. The van der Waals surface area contributed by atoms with Crippen LogP contribution in [0.5, 0.6) is 11.5 Å². The van der Waals surface area contributed by atoms with Crippen molar-refractivity contribution >= 4 is 23.4 Å². The highest BCUT2D eigenvalue weighted by Gasteiger charge is 2.31. The van der Waals surface area contributed by atoms with E-state index in [1.807, 2.05) is 13.8 Å². The average Bonchev–Trinajstić information content (AvgIpc) is 2.50. The number of hydrogen-bond acceptors (Lipinski definition) is 3. The second-order valence-electron chi connectivity index (χ2n) is 5.60. The standard InChI is InChI=1S/C17H23O4P/c1-3-5-11-22(20,21)17-14(8-4-2)15(18)12-9-6-7-10-13(12)16(17)19/h6-7,9-10,18-19H,3-5,8,11H2,1-2H3,(H,20,21). The van der Waals surface area contributed by atoms with Crippen molar-refractivity contribution in [2.75, 3.05) is 6.16 Å². The Labute approximate surface area is 130 Å². The van der Waals surface area contributed by atoms with Crippen LogP contribution < -0.4 is 5.30 Å². The molecule has 2 aromatic rings. The fourth-order valence-corrected chi connectivity index (χ4v) is 4.85. The molecule has 1 unspecified atom stereocenters.